The maximum atomic E-state index is 11.6. The van der Waals surface area contributed by atoms with Crippen LogP contribution >= 0.6 is 0 Å². The quantitative estimate of drug-likeness (QED) is 0.691. The second-order valence-electron chi connectivity index (χ2n) is 4.54. The van der Waals surface area contributed by atoms with Crippen molar-refractivity contribution in [2.45, 2.75) is 6.92 Å². The smallest absolute Gasteiger partial charge is 0.339 e. The zero-order chi connectivity index (χ0) is 15.4. The lowest BCUT2D eigenvalue weighted by Gasteiger charge is -2.02. The Bertz CT molecular complexity index is 766. The molecule has 0 saturated heterocycles. The Morgan fingerprint density at radius 3 is 2.68 bits per heavy atom. The van der Waals surface area contributed by atoms with E-state index in [-0.39, 0.29) is 5.97 Å². The highest BCUT2D eigenvalue weighted by Crippen LogP contribution is 2.16. The van der Waals surface area contributed by atoms with Gasteiger partial charge in [-0.05, 0) is 19.1 Å². The lowest BCUT2D eigenvalue weighted by molar-refractivity contribution is 0.0526. The molecule has 22 heavy (non-hydrogen) atoms. The SMILES string of the molecule is CCOC(=O)c1ccc(-n2cc(-c3ccccc3)nn2)nc1. The van der Waals surface area contributed by atoms with Gasteiger partial charge in [0.1, 0.15) is 5.69 Å². The Kier molecular flexibility index (Phi) is 3.91. The molecule has 2 heterocycles. The maximum Gasteiger partial charge on any atom is 0.339 e. The molecule has 0 spiro atoms. The molecule has 3 aromatic rings. The van der Waals surface area contributed by atoms with Crippen LogP contribution in [0.15, 0.2) is 54.9 Å². The van der Waals surface area contributed by atoms with Gasteiger partial charge >= 0.3 is 5.97 Å². The Labute approximate surface area is 127 Å². The summed E-state index contributed by atoms with van der Waals surface area (Å²) in [5.74, 6) is 0.202. The molecule has 0 unspecified atom stereocenters. The highest BCUT2D eigenvalue weighted by Gasteiger charge is 2.09. The molecular formula is C16H14N4O2. The molecule has 0 radical (unpaired) electrons. The van der Waals surface area contributed by atoms with Gasteiger partial charge in [0.25, 0.3) is 0 Å². The minimum atomic E-state index is -0.384. The van der Waals surface area contributed by atoms with Crippen LogP contribution in [0.2, 0.25) is 0 Å². The molecule has 110 valence electrons. The summed E-state index contributed by atoms with van der Waals surface area (Å²) in [6, 6.07) is 13.1. The highest BCUT2D eigenvalue weighted by atomic mass is 16.5. The lowest BCUT2D eigenvalue weighted by atomic mass is 10.2. The van der Waals surface area contributed by atoms with Crippen molar-refractivity contribution >= 4 is 5.97 Å². The third-order valence-electron chi connectivity index (χ3n) is 3.06. The Hall–Kier alpha value is -3.02. The number of benzene rings is 1. The molecule has 0 aliphatic heterocycles. The highest BCUT2D eigenvalue weighted by molar-refractivity contribution is 5.89. The van der Waals surface area contributed by atoms with Gasteiger partial charge in [-0.3, -0.25) is 0 Å². The van der Waals surface area contributed by atoms with E-state index in [1.807, 2.05) is 30.3 Å². The second-order valence-corrected chi connectivity index (χ2v) is 4.54. The van der Waals surface area contributed by atoms with Gasteiger partial charge in [-0.1, -0.05) is 35.5 Å². The predicted molar refractivity (Wildman–Crippen MR) is 80.5 cm³/mol. The van der Waals surface area contributed by atoms with E-state index in [9.17, 15) is 4.79 Å². The van der Waals surface area contributed by atoms with Crippen LogP contribution in [0.25, 0.3) is 17.1 Å². The molecule has 6 nitrogen and oxygen atoms in total. The number of esters is 1. The van der Waals surface area contributed by atoms with Crippen LogP contribution in [-0.4, -0.2) is 32.6 Å². The third kappa shape index (κ3) is 2.85. The van der Waals surface area contributed by atoms with Gasteiger partial charge in [0.15, 0.2) is 5.82 Å². The van der Waals surface area contributed by atoms with Crippen LogP contribution in [0, 0.1) is 0 Å². The molecule has 0 aliphatic carbocycles. The molecule has 0 aliphatic rings. The molecule has 0 bridgehead atoms. The molecule has 6 heteroatoms. The molecule has 0 atom stereocenters. The monoisotopic (exact) mass is 294 g/mol. The van der Waals surface area contributed by atoms with Gasteiger partial charge in [0, 0.05) is 11.8 Å². The minimum absolute atomic E-state index is 0.337. The minimum Gasteiger partial charge on any atom is -0.462 e. The summed E-state index contributed by atoms with van der Waals surface area (Å²) in [7, 11) is 0. The van der Waals surface area contributed by atoms with Crippen LogP contribution in [0.4, 0.5) is 0 Å². The van der Waals surface area contributed by atoms with Crippen molar-refractivity contribution in [3.05, 3.63) is 60.4 Å². The zero-order valence-corrected chi connectivity index (χ0v) is 12.0. The van der Waals surface area contributed by atoms with Crippen LogP contribution in [0.5, 0.6) is 0 Å². The van der Waals surface area contributed by atoms with Crippen LogP contribution < -0.4 is 0 Å². The van der Waals surface area contributed by atoms with Crippen molar-refractivity contribution in [1.29, 1.82) is 0 Å². The average molecular weight is 294 g/mol. The third-order valence-corrected chi connectivity index (χ3v) is 3.06. The first-order valence-electron chi connectivity index (χ1n) is 6.89. The fourth-order valence-corrected chi connectivity index (χ4v) is 1.97. The summed E-state index contributed by atoms with van der Waals surface area (Å²) in [5, 5.41) is 8.19. The van der Waals surface area contributed by atoms with E-state index in [2.05, 4.69) is 15.3 Å². The molecule has 1 aromatic carbocycles. The number of rotatable bonds is 4. The van der Waals surface area contributed by atoms with Gasteiger partial charge < -0.3 is 4.74 Å². The normalized spacial score (nSPS) is 10.4. The number of aromatic nitrogens is 4. The fourth-order valence-electron chi connectivity index (χ4n) is 1.97. The van der Waals surface area contributed by atoms with E-state index in [4.69, 9.17) is 4.74 Å². The van der Waals surface area contributed by atoms with Crippen molar-refractivity contribution in [1.82, 2.24) is 20.0 Å². The number of carbonyl (C=O) groups excluding carboxylic acids is 1. The number of hydrogen-bond acceptors (Lipinski definition) is 5. The Morgan fingerprint density at radius 1 is 1.18 bits per heavy atom. The molecule has 0 fully saturated rings. The summed E-state index contributed by atoms with van der Waals surface area (Å²) in [4.78, 5) is 15.8. The van der Waals surface area contributed by atoms with Gasteiger partial charge in [-0.2, -0.15) is 0 Å². The number of ether oxygens (including phenoxy) is 1. The predicted octanol–water partition coefficient (Wildman–Crippen LogP) is 2.51. The first-order chi connectivity index (χ1) is 10.8. The van der Waals surface area contributed by atoms with Crippen molar-refractivity contribution < 1.29 is 9.53 Å². The summed E-state index contributed by atoms with van der Waals surface area (Å²) in [5.41, 5.74) is 2.16. The van der Waals surface area contributed by atoms with Crippen LogP contribution in [0.3, 0.4) is 0 Å². The summed E-state index contributed by atoms with van der Waals surface area (Å²) < 4.78 is 6.49. The molecule has 0 amide bonds. The average Bonchev–Trinajstić information content (AvgIpc) is 3.06. The van der Waals surface area contributed by atoms with Gasteiger partial charge in [-0.25, -0.2) is 14.5 Å². The fraction of sp³-hybridized carbons (Fsp3) is 0.125. The topological polar surface area (TPSA) is 69.9 Å². The van der Waals surface area contributed by atoms with Gasteiger partial charge in [0.2, 0.25) is 0 Å². The molecule has 2 aromatic heterocycles. The van der Waals surface area contributed by atoms with E-state index in [1.54, 1.807) is 29.9 Å². The summed E-state index contributed by atoms with van der Waals surface area (Å²) in [6.07, 6.45) is 3.26. The first-order valence-corrected chi connectivity index (χ1v) is 6.89. The van der Waals surface area contributed by atoms with Crippen LogP contribution in [-0.2, 0) is 4.74 Å². The molecule has 3 rings (SSSR count). The lowest BCUT2D eigenvalue weighted by Crippen LogP contribution is -2.06. The molecular weight excluding hydrogens is 280 g/mol. The zero-order valence-electron chi connectivity index (χ0n) is 12.0. The number of carbonyl (C=O) groups is 1. The van der Waals surface area contributed by atoms with E-state index in [0.29, 0.717) is 18.0 Å². The van der Waals surface area contributed by atoms with Crippen molar-refractivity contribution in [2.75, 3.05) is 6.61 Å². The maximum absolute atomic E-state index is 11.6. The second kappa shape index (κ2) is 6.17. The van der Waals surface area contributed by atoms with Crippen molar-refractivity contribution in [2.24, 2.45) is 0 Å². The summed E-state index contributed by atoms with van der Waals surface area (Å²) in [6.45, 7) is 2.10. The van der Waals surface area contributed by atoms with Gasteiger partial charge in [0.05, 0.1) is 18.4 Å². The van der Waals surface area contributed by atoms with E-state index >= 15 is 0 Å². The standard InChI is InChI=1S/C16H14N4O2/c1-2-22-16(21)13-8-9-15(17-10-13)20-11-14(18-19-20)12-6-4-3-5-7-12/h3-11H,2H2,1H3. The molecule has 0 saturated carbocycles. The number of pyridine rings is 1. The van der Waals surface area contributed by atoms with E-state index < -0.39 is 0 Å². The van der Waals surface area contributed by atoms with Crippen molar-refractivity contribution in [3.8, 4) is 17.1 Å². The van der Waals surface area contributed by atoms with Gasteiger partial charge in [-0.15, -0.1) is 5.10 Å². The largest absolute Gasteiger partial charge is 0.462 e. The van der Waals surface area contributed by atoms with E-state index in [0.717, 1.165) is 11.3 Å². The summed E-state index contributed by atoms with van der Waals surface area (Å²) >= 11 is 0. The Balaban J connectivity index is 1.83. The van der Waals surface area contributed by atoms with E-state index in [1.165, 1.54) is 6.20 Å². The van der Waals surface area contributed by atoms with Crippen molar-refractivity contribution in [3.63, 3.8) is 0 Å². The molecule has 0 N–H and O–H groups in total. The number of hydrogen-bond donors (Lipinski definition) is 0. The Morgan fingerprint density at radius 2 is 2.00 bits per heavy atom. The first kappa shape index (κ1) is 13.9. The number of nitrogens with zero attached hydrogens (tertiary/aromatic N) is 4. The van der Waals surface area contributed by atoms with Crippen LogP contribution in [0.1, 0.15) is 17.3 Å².